The molecule has 0 amide bonds. The fraction of sp³-hybridized carbons (Fsp3) is 0.214. The summed E-state index contributed by atoms with van der Waals surface area (Å²) < 4.78 is 5.27. The maximum atomic E-state index is 13.6. The third-order valence-electron chi connectivity index (χ3n) is 6.64. The summed E-state index contributed by atoms with van der Waals surface area (Å²) in [5.74, 6) is -1.43. The van der Waals surface area contributed by atoms with Crippen molar-refractivity contribution in [2.45, 2.75) is 30.0 Å². The van der Waals surface area contributed by atoms with Gasteiger partial charge in [0.15, 0.2) is 11.3 Å². The average molecular weight is 468 g/mol. The van der Waals surface area contributed by atoms with Crippen LogP contribution in [-0.4, -0.2) is 57.4 Å². The molecule has 0 aliphatic carbocycles. The van der Waals surface area contributed by atoms with Gasteiger partial charge in [-0.15, -0.1) is 0 Å². The third-order valence-corrected chi connectivity index (χ3v) is 6.64. The van der Waals surface area contributed by atoms with E-state index in [1.54, 1.807) is 30.5 Å². The number of hydrogen-bond donors (Lipinski definition) is 1. The molecule has 176 valence electrons. The smallest absolute Gasteiger partial charge is 0.337 e. The highest BCUT2D eigenvalue weighted by Gasteiger charge is 2.65. The summed E-state index contributed by atoms with van der Waals surface area (Å²) in [5, 5.41) is 17.9. The highest BCUT2D eigenvalue weighted by Crippen LogP contribution is 2.47. The van der Waals surface area contributed by atoms with Crippen molar-refractivity contribution in [2.24, 2.45) is 5.10 Å². The van der Waals surface area contributed by atoms with Gasteiger partial charge in [-0.3, -0.25) is 14.8 Å². The lowest BCUT2D eigenvalue weighted by atomic mass is 9.70. The first-order valence-corrected chi connectivity index (χ1v) is 11.4. The molecule has 0 radical (unpaired) electrons. The number of esters is 1. The minimum absolute atomic E-state index is 0.148. The Bertz CT molecular complexity index is 1280. The summed E-state index contributed by atoms with van der Waals surface area (Å²) in [6.45, 7) is 0. The van der Waals surface area contributed by atoms with Gasteiger partial charge < -0.3 is 9.84 Å². The van der Waals surface area contributed by atoms with Gasteiger partial charge in [0.25, 0.3) is 0 Å². The molecule has 3 heterocycles. The normalized spacial score (nSPS) is 25.0. The Hall–Kier alpha value is -4.10. The number of carbonyl (C=O) groups is 2. The van der Waals surface area contributed by atoms with Crippen LogP contribution in [0.15, 0.2) is 102 Å². The zero-order chi connectivity index (χ0) is 24.4. The summed E-state index contributed by atoms with van der Waals surface area (Å²) in [6.07, 6.45) is 3.95. The van der Waals surface area contributed by atoms with Crippen LogP contribution in [-0.2, 0) is 20.7 Å². The van der Waals surface area contributed by atoms with Crippen molar-refractivity contribution in [3.8, 4) is 0 Å². The largest absolute Gasteiger partial charge is 0.467 e. The molecular formula is C28H25N3O4. The Kier molecular flexibility index (Phi) is 6.01. The van der Waals surface area contributed by atoms with Crippen LogP contribution in [0.1, 0.15) is 22.7 Å². The number of hydrogen-bond acceptors (Lipinski definition) is 7. The number of aromatic nitrogens is 1. The number of methoxy groups -OCH3 is 1. The van der Waals surface area contributed by atoms with Crippen LogP contribution in [0.3, 0.4) is 0 Å². The van der Waals surface area contributed by atoms with E-state index in [1.165, 1.54) is 12.1 Å². The lowest BCUT2D eigenvalue weighted by molar-refractivity contribution is -0.164. The number of ketones is 1. The molecule has 0 saturated carbocycles. The Labute approximate surface area is 203 Å². The molecule has 1 aromatic heterocycles. The first-order valence-electron chi connectivity index (χ1n) is 11.4. The van der Waals surface area contributed by atoms with Crippen LogP contribution < -0.4 is 0 Å². The van der Waals surface area contributed by atoms with Gasteiger partial charge in [0.2, 0.25) is 0 Å². The van der Waals surface area contributed by atoms with Gasteiger partial charge in [0, 0.05) is 18.5 Å². The van der Waals surface area contributed by atoms with E-state index < -0.39 is 29.6 Å². The molecule has 2 aliphatic heterocycles. The topological polar surface area (TPSA) is 92.1 Å². The Balaban J connectivity index is 1.66. The number of rotatable bonds is 6. The molecule has 7 nitrogen and oxygen atoms in total. The second-order valence-electron chi connectivity index (χ2n) is 8.61. The number of fused-ring (bicyclic) bond motifs is 1. The molecule has 4 atom stereocenters. The lowest BCUT2D eigenvalue weighted by Gasteiger charge is -2.47. The zero-order valence-corrected chi connectivity index (χ0v) is 19.2. The number of Topliss-reactive ketones (excluding diaryl/α,β-unsaturated/α-hetero) is 1. The molecule has 0 fully saturated rings. The van der Waals surface area contributed by atoms with E-state index in [9.17, 15) is 14.7 Å². The van der Waals surface area contributed by atoms with E-state index in [1.807, 2.05) is 66.7 Å². The molecular weight excluding hydrogens is 442 g/mol. The van der Waals surface area contributed by atoms with Crippen molar-refractivity contribution in [1.29, 1.82) is 0 Å². The highest BCUT2D eigenvalue weighted by atomic mass is 16.5. The van der Waals surface area contributed by atoms with Crippen molar-refractivity contribution >= 4 is 17.5 Å². The van der Waals surface area contributed by atoms with Gasteiger partial charge in [-0.05, 0) is 23.3 Å². The van der Waals surface area contributed by atoms with E-state index in [-0.39, 0.29) is 17.9 Å². The fourth-order valence-corrected chi connectivity index (χ4v) is 5.01. The maximum Gasteiger partial charge on any atom is 0.337 e. The van der Waals surface area contributed by atoms with E-state index in [4.69, 9.17) is 4.74 Å². The lowest BCUT2D eigenvalue weighted by Crippen LogP contribution is -2.66. The molecule has 1 N–H and O–H groups in total. The molecule has 7 heteroatoms. The maximum absolute atomic E-state index is 13.6. The van der Waals surface area contributed by atoms with Gasteiger partial charge in [0.1, 0.15) is 17.9 Å². The van der Waals surface area contributed by atoms with Gasteiger partial charge in [-0.2, -0.15) is 5.10 Å². The number of hydrazone groups is 1. The van der Waals surface area contributed by atoms with E-state index in [2.05, 4.69) is 10.1 Å². The number of benzene rings is 2. The molecule has 35 heavy (non-hydrogen) atoms. The molecule has 3 aromatic rings. The molecule has 2 aromatic carbocycles. The van der Waals surface area contributed by atoms with E-state index in [0.29, 0.717) is 5.69 Å². The SMILES string of the molecule is COC(=O)C12C(O)C(c3ccccn3)=NN1C(C(=O)Cc1ccccc1)C=CC2c1ccccc1. The number of carbonyl (C=O) groups excluding carboxylic acids is 2. The molecule has 4 unspecified atom stereocenters. The Morgan fingerprint density at radius 3 is 2.31 bits per heavy atom. The highest BCUT2D eigenvalue weighted by molar-refractivity contribution is 6.09. The summed E-state index contributed by atoms with van der Waals surface area (Å²) in [4.78, 5) is 31.5. The van der Waals surface area contributed by atoms with Gasteiger partial charge >= 0.3 is 5.97 Å². The fourth-order valence-electron chi connectivity index (χ4n) is 5.01. The van der Waals surface area contributed by atoms with Gasteiger partial charge in [-0.1, -0.05) is 78.9 Å². The number of aliphatic hydroxyl groups is 1. The number of aliphatic hydroxyl groups excluding tert-OH is 1. The second kappa shape index (κ2) is 9.27. The first kappa shape index (κ1) is 22.7. The van der Waals surface area contributed by atoms with Gasteiger partial charge in [0.05, 0.1) is 12.8 Å². The van der Waals surface area contributed by atoms with Crippen molar-refractivity contribution in [3.63, 3.8) is 0 Å². The van der Waals surface area contributed by atoms with Crippen LogP contribution in [0.2, 0.25) is 0 Å². The summed E-state index contributed by atoms with van der Waals surface area (Å²) >= 11 is 0. The van der Waals surface area contributed by atoms with Crippen molar-refractivity contribution in [2.75, 3.05) is 7.11 Å². The van der Waals surface area contributed by atoms with Crippen LogP contribution in [0.4, 0.5) is 0 Å². The molecule has 2 aliphatic rings. The Morgan fingerprint density at radius 2 is 1.66 bits per heavy atom. The standard InChI is InChI=1S/C28H25N3O4/c1-35-27(34)28-21(20-12-6-3-7-13-20)15-16-23(24(32)18-19-10-4-2-5-11-19)31(28)30-25(26(28)33)22-14-8-9-17-29-22/h2-17,21,23,26,33H,18H2,1H3. The summed E-state index contributed by atoms with van der Waals surface area (Å²) in [5.41, 5.74) is 0.629. The molecule has 0 saturated heterocycles. The number of ether oxygens (including phenoxy) is 1. The van der Waals surface area contributed by atoms with Gasteiger partial charge in [-0.25, -0.2) is 4.79 Å². The predicted molar refractivity (Wildman–Crippen MR) is 131 cm³/mol. The number of nitrogens with zero attached hydrogens (tertiary/aromatic N) is 3. The van der Waals surface area contributed by atoms with Crippen LogP contribution in [0, 0.1) is 0 Å². The first-order chi connectivity index (χ1) is 17.1. The van der Waals surface area contributed by atoms with Crippen molar-refractivity contribution < 1.29 is 19.4 Å². The summed E-state index contributed by atoms with van der Waals surface area (Å²) in [6, 6.07) is 23.2. The monoisotopic (exact) mass is 467 g/mol. The van der Waals surface area contributed by atoms with Crippen LogP contribution in [0.25, 0.3) is 0 Å². The molecule has 0 spiro atoms. The third kappa shape index (κ3) is 3.74. The minimum atomic E-state index is -1.67. The average Bonchev–Trinajstić information content (AvgIpc) is 3.23. The van der Waals surface area contributed by atoms with E-state index in [0.717, 1.165) is 11.1 Å². The summed E-state index contributed by atoms with van der Waals surface area (Å²) in [7, 11) is 1.28. The molecule has 0 bridgehead atoms. The van der Waals surface area contributed by atoms with Crippen molar-refractivity contribution in [1.82, 2.24) is 9.99 Å². The van der Waals surface area contributed by atoms with E-state index >= 15 is 0 Å². The van der Waals surface area contributed by atoms with Crippen LogP contribution in [0.5, 0.6) is 0 Å². The molecule has 5 rings (SSSR count). The Morgan fingerprint density at radius 1 is 0.971 bits per heavy atom. The minimum Gasteiger partial charge on any atom is -0.467 e. The van der Waals surface area contributed by atoms with Crippen LogP contribution >= 0.6 is 0 Å². The second-order valence-corrected chi connectivity index (χ2v) is 8.61. The number of pyridine rings is 1. The zero-order valence-electron chi connectivity index (χ0n) is 19.2. The quantitative estimate of drug-likeness (QED) is 0.443. The van der Waals surface area contributed by atoms with Crippen molar-refractivity contribution in [3.05, 3.63) is 114 Å². The predicted octanol–water partition coefficient (Wildman–Crippen LogP) is 2.91.